The Morgan fingerprint density at radius 2 is 1.72 bits per heavy atom. The zero-order valence-electron chi connectivity index (χ0n) is 24.2. The van der Waals surface area contributed by atoms with Crippen molar-refractivity contribution in [3.05, 3.63) is 65.2 Å². The molecule has 0 unspecified atom stereocenters. The van der Waals surface area contributed by atoms with E-state index in [1.807, 2.05) is 6.07 Å². The van der Waals surface area contributed by atoms with E-state index >= 15 is 0 Å². The Hall–Kier alpha value is -4.36. The van der Waals surface area contributed by atoms with Crippen LogP contribution in [0.2, 0.25) is 0 Å². The molecule has 4 rings (SSSR count). The molecule has 2 aromatic carbocycles. The van der Waals surface area contributed by atoms with Gasteiger partial charge in [0.25, 0.3) is 5.91 Å². The fourth-order valence-corrected chi connectivity index (χ4v) is 5.47. The van der Waals surface area contributed by atoms with Crippen molar-refractivity contribution in [2.75, 3.05) is 19.6 Å². The third-order valence-corrected chi connectivity index (χ3v) is 7.92. The van der Waals surface area contributed by atoms with E-state index in [4.69, 9.17) is 0 Å². The fraction of sp³-hybridized carbons (Fsp3) is 0.400. The normalized spacial score (nSPS) is 21.7. The molecule has 1 aliphatic heterocycles. The summed E-state index contributed by atoms with van der Waals surface area (Å²) < 4.78 is 0.805. The van der Waals surface area contributed by atoms with Crippen LogP contribution in [-0.4, -0.2) is 88.4 Å². The predicted molar refractivity (Wildman–Crippen MR) is 161 cm³/mol. The highest BCUT2D eigenvalue weighted by molar-refractivity contribution is 7.16. The molecule has 0 spiro atoms. The Kier molecular flexibility index (Phi) is 10.4. The van der Waals surface area contributed by atoms with Gasteiger partial charge in [-0.3, -0.25) is 24.0 Å². The zero-order chi connectivity index (χ0) is 31.1. The molecule has 0 aliphatic carbocycles. The van der Waals surface area contributed by atoms with E-state index in [2.05, 4.69) is 26.3 Å². The lowest BCUT2D eigenvalue weighted by atomic mass is 10.0. The molecule has 0 radical (unpaired) electrons. The van der Waals surface area contributed by atoms with Gasteiger partial charge in [-0.25, -0.2) is 4.98 Å². The standard InChI is InChI=1S/C30H36N6O6S/c1-17(2)25-29(41)33-22(13-19-7-5-4-6-8-19)27(39)35-26(18(3)37)28(40)31-11-12-36(15-24(38)34-25)30(42)20-9-10-21-23(14-20)43-16-32-21/h4-10,14,16-18,22,25-26,37H,11-13,15H2,1-3H3,(H,31,40)(H,33,41)(H,34,38)(H,35,39)/t18-,22+,25-,26+/m1/s1. The first kappa shape index (κ1) is 31.6. The Morgan fingerprint density at radius 3 is 2.42 bits per heavy atom. The van der Waals surface area contributed by atoms with E-state index in [0.29, 0.717) is 5.56 Å². The zero-order valence-corrected chi connectivity index (χ0v) is 25.0. The van der Waals surface area contributed by atoms with Crippen LogP contribution >= 0.6 is 11.3 Å². The summed E-state index contributed by atoms with van der Waals surface area (Å²) in [6, 6.07) is 10.6. The number of thiazole rings is 1. The number of fused-ring (bicyclic) bond motifs is 1. The first-order chi connectivity index (χ1) is 20.5. The molecule has 0 bridgehead atoms. The van der Waals surface area contributed by atoms with E-state index in [0.717, 1.165) is 15.8 Å². The molecule has 43 heavy (non-hydrogen) atoms. The van der Waals surface area contributed by atoms with Gasteiger partial charge in [0.15, 0.2) is 0 Å². The molecule has 228 valence electrons. The van der Waals surface area contributed by atoms with Crippen molar-refractivity contribution in [2.45, 2.75) is 51.4 Å². The van der Waals surface area contributed by atoms with Crippen molar-refractivity contribution in [3.8, 4) is 0 Å². The lowest BCUT2D eigenvalue weighted by molar-refractivity contribution is -0.135. The summed E-state index contributed by atoms with van der Waals surface area (Å²) in [4.78, 5) is 72.3. The number of rotatable bonds is 5. The number of carbonyl (C=O) groups is 5. The molecule has 1 aromatic heterocycles. The smallest absolute Gasteiger partial charge is 0.254 e. The van der Waals surface area contributed by atoms with Crippen LogP contribution in [0.5, 0.6) is 0 Å². The third-order valence-electron chi connectivity index (χ3n) is 7.12. The van der Waals surface area contributed by atoms with Crippen molar-refractivity contribution in [2.24, 2.45) is 5.92 Å². The van der Waals surface area contributed by atoms with Gasteiger partial charge in [0.05, 0.1) is 28.4 Å². The number of hydrogen-bond donors (Lipinski definition) is 5. The van der Waals surface area contributed by atoms with E-state index in [1.54, 1.807) is 61.8 Å². The van der Waals surface area contributed by atoms with Gasteiger partial charge in [0.2, 0.25) is 23.6 Å². The highest BCUT2D eigenvalue weighted by atomic mass is 32.1. The topological polar surface area (TPSA) is 170 Å². The first-order valence-electron chi connectivity index (χ1n) is 14.1. The highest BCUT2D eigenvalue weighted by Crippen LogP contribution is 2.20. The average Bonchev–Trinajstić information content (AvgIpc) is 3.45. The van der Waals surface area contributed by atoms with Gasteiger partial charge in [0.1, 0.15) is 18.1 Å². The van der Waals surface area contributed by atoms with Crippen LogP contribution in [0, 0.1) is 5.92 Å². The van der Waals surface area contributed by atoms with Crippen LogP contribution in [0.3, 0.4) is 0 Å². The van der Waals surface area contributed by atoms with Gasteiger partial charge >= 0.3 is 0 Å². The summed E-state index contributed by atoms with van der Waals surface area (Å²) in [6.45, 7) is 4.39. The van der Waals surface area contributed by atoms with Crippen LogP contribution in [0.15, 0.2) is 54.0 Å². The minimum absolute atomic E-state index is 0.0473. The summed E-state index contributed by atoms with van der Waals surface area (Å²) in [5.74, 6) is -3.32. The van der Waals surface area contributed by atoms with Crippen LogP contribution in [0.1, 0.15) is 36.7 Å². The van der Waals surface area contributed by atoms with Crippen molar-refractivity contribution in [3.63, 3.8) is 0 Å². The molecule has 5 amide bonds. The quantitative estimate of drug-likeness (QED) is 0.283. The van der Waals surface area contributed by atoms with Crippen molar-refractivity contribution < 1.29 is 29.1 Å². The maximum Gasteiger partial charge on any atom is 0.254 e. The number of benzene rings is 2. The summed E-state index contributed by atoms with van der Waals surface area (Å²) in [5.41, 5.74) is 3.51. The summed E-state index contributed by atoms with van der Waals surface area (Å²) in [5, 5.41) is 21.0. The second-order valence-electron chi connectivity index (χ2n) is 10.8. The van der Waals surface area contributed by atoms with E-state index < -0.39 is 53.8 Å². The molecule has 1 aliphatic rings. The number of nitrogens with zero attached hydrogens (tertiary/aromatic N) is 2. The maximum atomic E-state index is 13.5. The van der Waals surface area contributed by atoms with Gasteiger partial charge in [0, 0.05) is 25.1 Å². The number of hydrogen-bond acceptors (Lipinski definition) is 8. The second-order valence-corrected chi connectivity index (χ2v) is 11.7. The SMILES string of the molecule is CC(C)[C@H]1NC(=O)CN(C(=O)c2ccc3ncsc3c2)CCNC(=O)[C@H]([C@@H](C)O)NC(=O)[C@H](Cc2ccccc2)NC1=O. The third kappa shape index (κ3) is 8.14. The van der Waals surface area contributed by atoms with Crippen LogP contribution < -0.4 is 21.3 Å². The Morgan fingerprint density at radius 1 is 0.977 bits per heavy atom. The number of aliphatic hydroxyl groups is 1. The summed E-state index contributed by atoms with van der Waals surface area (Å²) in [7, 11) is 0. The van der Waals surface area contributed by atoms with Crippen LogP contribution in [-0.2, 0) is 25.6 Å². The number of amides is 5. The molecule has 1 saturated heterocycles. The molecule has 1 fully saturated rings. The molecule has 0 saturated carbocycles. The van der Waals surface area contributed by atoms with Crippen LogP contribution in [0.25, 0.3) is 10.2 Å². The number of aromatic nitrogens is 1. The molecule has 13 heteroatoms. The van der Waals surface area contributed by atoms with Gasteiger partial charge in [-0.2, -0.15) is 0 Å². The monoisotopic (exact) mass is 608 g/mol. The molecular formula is C30H36N6O6S. The van der Waals surface area contributed by atoms with Gasteiger partial charge in [-0.1, -0.05) is 44.2 Å². The summed E-state index contributed by atoms with van der Waals surface area (Å²) in [6.07, 6.45) is -1.15. The maximum absolute atomic E-state index is 13.5. The first-order valence-corrected chi connectivity index (χ1v) is 14.9. The molecule has 5 N–H and O–H groups in total. The Bertz CT molecular complexity index is 1480. The lowest BCUT2D eigenvalue weighted by Crippen LogP contribution is -2.60. The molecule has 4 atom stereocenters. The number of nitrogens with one attached hydrogen (secondary N) is 4. The van der Waals surface area contributed by atoms with Crippen molar-refractivity contribution in [1.82, 2.24) is 31.2 Å². The minimum atomic E-state index is -1.33. The molecular weight excluding hydrogens is 572 g/mol. The van der Waals surface area contributed by atoms with Gasteiger partial charge < -0.3 is 31.3 Å². The average molecular weight is 609 g/mol. The highest BCUT2D eigenvalue weighted by Gasteiger charge is 2.33. The van der Waals surface area contributed by atoms with E-state index in [-0.39, 0.29) is 32.0 Å². The molecule has 2 heterocycles. The van der Waals surface area contributed by atoms with Crippen molar-refractivity contribution >= 4 is 51.1 Å². The number of carbonyl (C=O) groups excluding carboxylic acids is 5. The van der Waals surface area contributed by atoms with E-state index in [9.17, 15) is 29.1 Å². The fourth-order valence-electron chi connectivity index (χ4n) is 4.75. The van der Waals surface area contributed by atoms with E-state index in [1.165, 1.54) is 23.2 Å². The van der Waals surface area contributed by atoms with Gasteiger partial charge in [-0.15, -0.1) is 11.3 Å². The number of aliphatic hydroxyl groups excluding tert-OH is 1. The van der Waals surface area contributed by atoms with Crippen LogP contribution in [0.4, 0.5) is 0 Å². The minimum Gasteiger partial charge on any atom is -0.391 e. The van der Waals surface area contributed by atoms with Gasteiger partial charge in [-0.05, 0) is 36.6 Å². The Labute approximate surface area is 253 Å². The lowest BCUT2D eigenvalue weighted by Gasteiger charge is -2.27. The predicted octanol–water partition coefficient (Wildman–Crippen LogP) is 0.602. The van der Waals surface area contributed by atoms with Crippen molar-refractivity contribution in [1.29, 1.82) is 0 Å². The second kappa shape index (κ2) is 14.2. The molecule has 12 nitrogen and oxygen atoms in total. The summed E-state index contributed by atoms with van der Waals surface area (Å²) >= 11 is 1.38. The molecule has 3 aromatic rings. The Balaban J connectivity index is 1.63. The largest absolute Gasteiger partial charge is 0.391 e.